The van der Waals surface area contributed by atoms with E-state index in [1.165, 1.54) is 0 Å². The van der Waals surface area contributed by atoms with Crippen LogP contribution in [0.1, 0.15) is 29.4 Å². The third-order valence-electron chi connectivity index (χ3n) is 5.69. The van der Waals surface area contributed by atoms with Crippen LogP contribution >= 0.6 is 0 Å². The smallest absolute Gasteiger partial charge is 0.280 e. The van der Waals surface area contributed by atoms with Crippen molar-refractivity contribution in [1.29, 1.82) is 5.26 Å². The molecule has 0 aliphatic carbocycles. The van der Waals surface area contributed by atoms with Gasteiger partial charge in [-0.1, -0.05) is 48.5 Å². The summed E-state index contributed by atoms with van der Waals surface area (Å²) >= 11 is 0. The zero-order valence-electron chi connectivity index (χ0n) is 20.0. The summed E-state index contributed by atoms with van der Waals surface area (Å²) in [5.74, 6) is 0.666. The Morgan fingerprint density at radius 1 is 0.971 bits per heavy atom. The zero-order valence-corrected chi connectivity index (χ0v) is 20.0. The minimum atomic E-state index is -0.482. The molecule has 0 bridgehead atoms. The lowest BCUT2D eigenvalue weighted by Crippen LogP contribution is -2.25. The Bertz CT molecular complexity index is 1420. The maximum absolute atomic E-state index is 12.7. The molecule has 1 N–H and O–H groups in total. The van der Waals surface area contributed by atoms with Crippen molar-refractivity contribution >= 4 is 22.8 Å². The maximum Gasteiger partial charge on any atom is 0.280 e. The Hall–Kier alpha value is -4.50. The minimum Gasteiger partial charge on any atom is -0.490 e. The number of nitrogens with zero attached hydrogens (tertiary/aromatic N) is 2. The first-order valence-corrected chi connectivity index (χ1v) is 11.4. The summed E-state index contributed by atoms with van der Waals surface area (Å²) in [6, 6.07) is 25.5. The standard InChI is InChI=1S/C29H27N3O3/c1-4-34-28-17-22(16-25(18-30)29(33)31-32-20(2)12-13-21(32)3)14-15-27(28)35-19-24-10-7-9-23-8-5-6-11-26(23)24/h5-17H,4,19H2,1-3H3,(H,31,33)/b25-16-. The van der Waals surface area contributed by atoms with E-state index in [1.807, 2.05) is 63.2 Å². The molecular weight excluding hydrogens is 438 g/mol. The number of nitrogens with one attached hydrogen (secondary N) is 1. The molecule has 6 heteroatoms. The second-order valence-corrected chi connectivity index (χ2v) is 8.13. The molecule has 0 radical (unpaired) electrons. The fraction of sp³-hybridized carbons (Fsp3) is 0.172. The quantitative estimate of drug-likeness (QED) is 0.259. The predicted molar refractivity (Wildman–Crippen MR) is 138 cm³/mol. The number of ether oxygens (including phenoxy) is 2. The van der Waals surface area contributed by atoms with Gasteiger partial charge >= 0.3 is 0 Å². The first-order valence-electron chi connectivity index (χ1n) is 11.4. The fourth-order valence-corrected chi connectivity index (χ4v) is 3.90. The van der Waals surface area contributed by atoms with Gasteiger partial charge in [-0.3, -0.25) is 14.9 Å². The third kappa shape index (κ3) is 5.36. The lowest BCUT2D eigenvalue weighted by atomic mass is 10.1. The highest BCUT2D eigenvalue weighted by atomic mass is 16.5. The van der Waals surface area contributed by atoms with Crippen LogP contribution in [0.2, 0.25) is 0 Å². The van der Waals surface area contributed by atoms with Gasteiger partial charge in [0, 0.05) is 11.4 Å². The molecule has 1 aromatic heterocycles. The molecule has 4 aromatic rings. The van der Waals surface area contributed by atoms with Crippen molar-refractivity contribution in [2.45, 2.75) is 27.4 Å². The predicted octanol–water partition coefficient (Wildman–Crippen LogP) is 5.91. The summed E-state index contributed by atoms with van der Waals surface area (Å²) in [7, 11) is 0. The molecule has 3 aromatic carbocycles. The van der Waals surface area contributed by atoms with Gasteiger partial charge in [-0.2, -0.15) is 5.26 Å². The molecule has 1 heterocycles. The number of carbonyl (C=O) groups excluding carboxylic acids is 1. The first-order chi connectivity index (χ1) is 17.0. The molecule has 0 saturated carbocycles. The monoisotopic (exact) mass is 465 g/mol. The number of hydrogen-bond donors (Lipinski definition) is 1. The van der Waals surface area contributed by atoms with Gasteiger partial charge in [0.25, 0.3) is 5.91 Å². The van der Waals surface area contributed by atoms with Crippen molar-refractivity contribution in [3.63, 3.8) is 0 Å². The number of amides is 1. The maximum atomic E-state index is 12.7. The second-order valence-electron chi connectivity index (χ2n) is 8.13. The van der Waals surface area contributed by atoms with Gasteiger partial charge in [-0.25, -0.2) is 0 Å². The van der Waals surface area contributed by atoms with E-state index in [1.54, 1.807) is 29.0 Å². The SMILES string of the molecule is CCOc1cc(/C=C(/C#N)C(=O)Nn2c(C)ccc2C)ccc1OCc1cccc2ccccc12. The Labute approximate surface area is 205 Å². The number of aryl methyl sites for hydroxylation is 2. The number of nitriles is 1. The van der Waals surface area contributed by atoms with Crippen LogP contribution in [0.4, 0.5) is 0 Å². The van der Waals surface area contributed by atoms with Crippen LogP contribution in [0.3, 0.4) is 0 Å². The average Bonchev–Trinajstić information content (AvgIpc) is 3.19. The molecule has 0 saturated heterocycles. The lowest BCUT2D eigenvalue weighted by molar-refractivity contribution is -0.113. The average molecular weight is 466 g/mol. The van der Waals surface area contributed by atoms with Crippen molar-refractivity contribution in [2.75, 3.05) is 12.0 Å². The summed E-state index contributed by atoms with van der Waals surface area (Å²) in [5.41, 5.74) is 6.25. The van der Waals surface area contributed by atoms with E-state index in [0.29, 0.717) is 30.3 Å². The topological polar surface area (TPSA) is 76.3 Å². The lowest BCUT2D eigenvalue weighted by Gasteiger charge is -2.14. The van der Waals surface area contributed by atoms with Crippen molar-refractivity contribution in [2.24, 2.45) is 0 Å². The van der Waals surface area contributed by atoms with Gasteiger partial charge < -0.3 is 9.47 Å². The second kappa shape index (κ2) is 10.6. The highest BCUT2D eigenvalue weighted by Gasteiger charge is 2.13. The van der Waals surface area contributed by atoms with Crippen molar-refractivity contribution < 1.29 is 14.3 Å². The number of rotatable bonds is 8. The van der Waals surface area contributed by atoms with E-state index < -0.39 is 5.91 Å². The molecule has 35 heavy (non-hydrogen) atoms. The van der Waals surface area contributed by atoms with Crippen LogP contribution in [-0.4, -0.2) is 17.2 Å². The Morgan fingerprint density at radius 2 is 1.71 bits per heavy atom. The summed E-state index contributed by atoms with van der Waals surface area (Å²) in [6.45, 7) is 6.50. The van der Waals surface area contributed by atoms with Crippen molar-refractivity contribution in [1.82, 2.24) is 4.68 Å². The van der Waals surface area contributed by atoms with Crippen LogP contribution in [0.5, 0.6) is 11.5 Å². The summed E-state index contributed by atoms with van der Waals surface area (Å²) in [6.07, 6.45) is 1.54. The summed E-state index contributed by atoms with van der Waals surface area (Å²) in [5, 5.41) is 11.9. The minimum absolute atomic E-state index is 0.00984. The number of aromatic nitrogens is 1. The van der Waals surface area contributed by atoms with E-state index >= 15 is 0 Å². The highest BCUT2D eigenvalue weighted by molar-refractivity contribution is 6.06. The molecule has 0 fully saturated rings. The molecule has 176 valence electrons. The molecule has 0 aliphatic rings. The molecule has 4 rings (SSSR count). The fourth-order valence-electron chi connectivity index (χ4n) is 3.90. The molecule has 0 spiro atoms. The Kier molecular flexibility index (Phi) is 7.18. The van der Waals surface area contributed by atoms with Crippen LogP contribution < -0.4 is 14.9 Å². The van der Waals surface area contributed by atoms with Gasteiger partial charge in [-0.15, -0.1) is 0 Å². The van der Waals surface area contributed by atoms with Crippen molar-refractivity contribution in [3.8, 4) is 17.6 Å². The largest absolute Gasteiger partial charge is 0.490 e. The van der Waals surface area contributed by atoms with E-state index in [4.69, 9.17) is 9.47 Å². The highest BCUT2D eigenvalue weighted by Crippen LogP contribution is 2.31. The Balaban J connectivity index is 1.55. The van der Waals surface area contributed by atoms with Crippen LogP contribution in [-0.2, 0) is 11.4 Å². The van der Waals surface area contributed by atoms with Gasteiger partial charge in [0.1, 0.15) is 18.2 Å². The number of benzene rings is 3. The van der Waals surface area contributed by atoms with E-state index in [9.17, 15) is 10.1 Å². The van der Waals surface area contributed by atoms with Gasteiger partial charge in [0.15, 0.2) is 11.5 Å². The normalized spacial score (nSPS) is 11.2. The summed E-state index contributed by atoms with van der Waals surface area (Å²) < 4.78 is 13.6. The van der Waals surface area contributed by atoms with Crippen LogP contribution in [0, 0.1) is 25.2 Å². The molecule has 0 unspecified atom stereocenters. The van der Waals surface area contributed by atoms with Crippen LogP contribution in [0.15, 0.2) is 78.4 Å². The van der Waals surface area contributed by atoms with E-state index in [-0.39, 0.29) is 5.57 Å². The van der Waals surface area contributed by atoms with E-state index in [0.717, 1.165) is 27.7 Å². The molecule has 1 amide bonds. The molecule has 0 aliphatic heterocycles. The van der Waals surface area contributed by atoms with Gasteiger partial charge in [0.05, 0.1) is 6.61 Å². The van der Waals surface area contributed by atoms with Crippen molar-refractivity contribution in [3.05, 3.63) is 101 Å². The van der Waals surface area contributed by atoms with E-state index in [2.05, 4.69) is 23.6 Å². The molecular formula is C29H27N3O3. The Morgan fingerprint density at radius 3 is 2.46 bits per heavy atom. The zero-order chi connectivity index (χ0) is 24.8. The van der Waals surface area contributed by atoms with Gasteiger partial charge in [0.2, 0.25) is 0 Å². The van der Waals surface area contributed by atoms with Crippen LogP contribution in [0.25, 0.3) is 16.8 Å². The summed E-state index contributed by atoms with van der Waals surface area (Å²) in [4.78, 5) is 12.7. The third-order valence-corrected chi connectivity index (χ3v) is 5.69. The number of hydrogen-bond acceptors (Lipinski definition) is 4. The molecule has 6 nitrogen and oxygen atoms in total. The number of carbonyl (C=O) groups is 1. The van der Waals surface area contributed by atoms with Gasteiger partial charge in [-0.05, 0) is 73.0 Å². The molecule has 0 atom stereocenters. The number of fused-ring (bicyclic) bond motifs is 1. The first kappa shape index (κ1) is 23.7.